The van der Waals surface area contributed by atoms with E-state index in [1.165, 1.54) is 4.31 Å². The molecule has 3 N–H and O–H groups in total. The second-order valence-corrected chi connectivity index (χ2v) is 8.57. The van der Waals surface area contributed by atoms with Crippen LogP contribution in [-0.2, 0) is 10.2 Å². The highest BCUT2D eigenvalue weighted by molar-refractivity contribution is 7.87. The summed E-state index contributed by atoms with van der Waals surface area (Å²) in [5, 5.41) is 0. The van der Waals surface area contributed by atoms with Gasteiger partial charge in [0, 0.05) is 44.3 Å². The van der Waals surface area contributed by atoms with Crippen LogP contribution >= 0.6 is 0 Å². The number of hydrogen-bond acceptors (Lipinski definition) is 5. The van der Waals surface area contributed by atoms with E-state index in [0.717, 1.165) is 43.4 Å². The van der Waals surface area contributed by atoms with Crippen LogP contribution in [0.4, 0.5) is 11.5 Å². The maximum absolute atomic E-state index is 12.0. The van der Waals surface area contributed by atoms with Crippen molar-refractivity contribution in [2.75, 3.05) is 43.4 Å². The van der Waals surface area contributed by atoms with E-state index in [4.69, 9.17) is 10.7 Å². The highest BCUT2D eigenvalue weighted by atomic mass is 32.2. The zero-order valence-corrected chi connectivity index (χ0v) is 15.2. The molecule has 24 heavy (non-hydrogen) atoms. The van der Waals surface area contributed by atoms with Crippen molar-refractivity contribution in [3.8, 4) is 0 Å². The fraction of sp³-hybridized carbons (Fsp3) is 0.688. The van der Waals surface area contributed by atoms with Gasteiger partial charge in [-0.15, -0.1) is 0 Å². The molecular weight excluding hydrogens is 326 g/mol. The molecule has 0 aromatic carbocycles. The van der Waals surface area contributed by atoms with Crippen molar-refractivity contribution in [3.63, 3.8) is 0 Å². The van der Waals surface area contributed by atoms with Crippen LogP contribution in [0, 0.1) is 5.92 Å². The van der Waals surface area contributed by atoms with Gasteiger partial charge in [-0.2, -0.15) is 12.7 Å². The number of likely N-dealkylation sites (N-methyl/N-ethyl adjacent to an activating group) is 1. The van der Waals surface area contributed by atoms with Crippen LogP contribution in [0.2, 0.25) is 0 Å². The highest BCUT2D eigenvalue weighted by Gasteiger charge is 2.32. The van der Waals surface area contributed by atoms with Gasteiger partial charge >= 0.3 is 0 Å². The van der Waals surface area contributed by atoms with Crippen molar-refractivity contribution >= 4 is 21.7 Å². The first-order chi connectivity index (χ1) is 11.4. The monoisotopic (exact) mass is 353 g/mol. The summed E-state index contributed by atoms with van der Waals surface area (Å²) in [6.45, 7) is 7.36. The molecule has 1 aromatic rings. The van der Waals surface area contributed by atoms with E-state index in [1.807, 2.05) is 19.1 Å². The number of aromatic nitrogens is 1. The highest BCUT2D eigenvalue weighted by Crippen LogP contribution is 2.29. The van der Waals surface area contributed by atoms with Gasteiger partial charge in [-0.3, -0.25) is 0 Å². The van der Waals surface area contributed by atoms with E-state index in [9.17, 15) is 8.42 Å². The SMILES string of the molecule is CCN1CC(c2ccc(N)c(N3CCC(C)CC3)n2)CNS1(=O)=O. The molecule has 0 spiro atoms. The number of nitrogen functional groups attached to an aromatic ring is 1. The Morgan fingerprint density at radius 3 is 2.71 bits per heavy atom. The number of piperidine rings is 1. The maximum atomic E-state index is 12.0. The molecule has 0 radical (unpaired) electrons. The van der Waals surface area contributed by atoms with Crippen LogP contribution in [0.5, 0.6) is 0 Å². The lowest BCUT2D eigenvalue weighted by molar-refractivity contribution is 0.359. The predicted octanol–water partition coefficient (Wildman–Crippen LogP) is 1.15. The largest absolute Gasteiger partial charge is 0.396 e. The Bertz CT molecular complexity index is 686. The summed E-state index contributed by atoms with van der Waals surface area (Å²) in [5.41, 5.74) is 7.75. The van der Waals surface area contributed by atoms with Crippen LogP contribution in [0.1, 0.15) is 38.3 Å². The normalized spacial score (nSPS) is 25.8. The summed E-state index contributed by atoms with van der Waals surface area (Å²) < 4.78 is 28.0. The average molecular weight is 353 g/mol. The summed E-state index contributed by atoms with van der Waals surface area (Å²) in [4.78, 5) is 7.05. The van der Waals surface area contributed by atoms with Crippen molar-refractivity contribution in [3.05, 3.63) is 17.8 Å². The number of pyridine rings is 1. The Labute approximate surface area is 144 Å². The van der Waals surface area contributed by atoms with Crippen LogP contribution in [0.15, 0.2) is 12.1 Å². The average Bonchev–Trinajstić information content (AvgIpc) is 2.56. The molecule has 3 heterocycles. The molecule has 1 aromatic heterocycles. The quantitative estimate of drug-likeness (QED) is 0.851. The van der Waals surface area contributed by atoms with Gasteiger partial charge in [0.15, 0.2) is 5.82 Å². The molecule has 0 aliphatic carbocycles. The Morgan fingerprint density at radius 2 is 2.04 bits per heavy atom. The number of hydrogen-bond donors (Lipinski definition) is 2. The number of anilines is 2. The molecule has 2 saturated heterocycles. The Morgan fingerprint density at radius 1 is 1.33 bits per heavy atom. The molecule has 8 heteroatoms. The summed E-state index contributed by atoms with van der Waals surface area (Å²) in [7, 11) is -3.34. The van der Waals surface area contributed by atoms with E-state index >= 15 is 0 Å². The second-order valence-electron chi connectivity index (χ2n) is 6.82. The fourth-order valence-corrected chi connectivity index (χ4v) is 4.69. The first-order valence-corrected chi connectivity index (χ1v) is 10.1. The lowest BCUT2D eigenvalue weighted by Crippen LogP contribution is -2.50. The van der Waals surface area contributed by atoms with Gasteiger partial charge in [0.1, 0.15) is 0 Å². The Hall–Kier alpha value is -1.38. The molecule has 0 bridgehead atoms. The minimum atomic E-state index is -3.34. The summed E-state index contributed by atoms with van der Waals surface area (Å²) >= 11 is 0. The van der Waals surface area contributed by atoms with Crippen LogP contribution in [0.25, 0.3) is 0 Å². The number of nitrogens with two attached hydrogens (primary N) is 1. The molecule has 0 saturated carbocycles. The van der Waals surface area contributed by atoms with E-state index in [2.05, 4.69) is 16.5 Å². The van der Waals surface area contributed by atoms with Crippen LogP contribution < -0.4 is 15.4 Å². The molecule has 1 unspecified atom stereocenters. The molecule has 1 atom stereocenters. The Kier molecular flexibility index (Phi) is 4.98. The van der Waals surface area contributed by atoms with Crippen molar-refractivity contribution in [1.82, 2.24) is 14.0 Å². The molecule has 134 valence electrons. The van der Waals surface area contributed by atoms with Gasteiger partial charge in [0.25, 0.3) is 10.2 Å². The lowest BCUT2D eigenvalue weighted by atomic mass is 9.99. The third kappa shape index (κ3) is 3.50. The van der Waals surface area contributed by atoms with E-state index in [1.54, 1.807) is 0 Å². The minimum absolute atomic E-state index is 0.0385. The number of nitrogens with one attached hydrogen (secondary N) is 1. The van der Waals surface area contributed by atoms with Gasteiger partial charge in [0.05, 0.1) is 5.69 Å². The summed E-state index contributed by atoms with van der Waals surface area (Å²) in [6.07, 6.45) is 2.30. The third-order valence-corrected chi connectivity index (χ3v) is 6.68. The van der Waals surface area contributed by atoms with Crippen molar-refractivity contribution in [1.29, 1.82) is 0 Å². The second kappa shape index (κ2) is 6.85. The first-order valence-electron chi connectivity index (χ1n) is 8.66. The molecule has 2 aliphatic rings. The topological polar surface area (TPSA) is 91.6 Å². The maximum Gasteiger partial charge on any atom is 0.279 e. The van der Waals surface area contributed by atoms with Gasteiger partial charge in [-0.1, -0.05) is 13.8 Å². The third-order valence-electron chi connectivity index (χ3n) is 5.06. The van der Waals surface area contributed by atoms with E-state index in [0.29, 0.717) is 25.3 Å². The zero-order valence-electron chi connectivity index (χ0n) is 14.4. The molecular formula is C16H27N5O2S. The van der Waals surface area contributed by atoms with Crippen LogP contribution in [-0.4, -0.2) is 50.4 Å². The molecule has 2 aliphatic heterocycles. The molecule has 7 nitrogen and oxygen atoms in total. The van der Waals surface area contributed by atoms with Gasteiger partial charge in [-0.05, 0) is 30.9 Å². The summed E-state index contributed by atoms with van der Waals surface area (Å²) in [5.74, 6) is 1.63. The first kappa shape index (κ1) is 17.4. The predicted molar refractivity (Wildman–Crippen MR) is 96.2 cm³/mol. The van der Waals surface area contributed by atoms with Gasteiger partial charge in [-0.25, -0.2) is 9.71 Å². The fourth-order valence-electron chi connectivity index (χ4n) is 3.38. The minimum Gasteiger partial charge on any atom is -0.396 e. The number of rotatable bonds is 3. The van der Waals surface area contributed by atoms with Crippen molar-refractivity contribution in [2.45, 2.75) is 32.6 Å². The summed E-state index contributed by atoms with van der Waals surface area (Å²) in [6, 6.07) is 3.82. The lowest BCUT2D eigenvalue weighted by Gasteiger charge is -2.34. The number of nitrogens with zero attached hydrogens (tertiary/aromatic N) is 3. The Balaban J connectivity index is 1.81. The smallest absolute Gasteiger partial charge is 0.279 e. The van der Waals surface area contributed by atoms with Gasteiger partial charge < -0.3 is 10.6 Å². The molecule has 0 amide bonds. The van der Waals surface area contributed by atoms with Crippen molar-refractivity contribution < 1.29 is 8.42 Å². The molecule has 3 rings (SSSR count). The van der Waals surface area contributed by atoms with E-state index < -0.39 is 10.2 Å². The van der Waals surface area contributed by atoms with E-state index in [-0.39, 0.29) is 5.92 Å². The van der Waals surface area contributed by atoms with Crippen LogP contribution in [0.3, 0.4) is 0 Å². The van der Waals surface area contributed by atoms with Crippen molar-refractivity contribution in [2.24, 2.45) is 5.92 Å². The zero-order chi connectivity index (χ0) is 17.3. The molecule has 2 fully saturated rings. The van der Waals surface area contributed by atoms with Gasteiger partial charge in [0.2, 0.25) is 0 Å². The standard InChI is InChI=1S/C16H27N5O2S/c1-3-21-11-13(10-18-24(21,22)23)15-5-4-14(17)16(19-15)20-8-6-12(2)7-9-20/h4-5,12-13,18H,3,6-11,17H2,1-2H3.